The number of alkyl halides is 1. The fraction of sp³-hybridized carbons (Fsp3) is 0.692. The van der Waals surface area contributed by atoms with E-state index in [4.69, 9.17) is 9.51 Å². The molecule has 0 atom stereocenters. The maximum absolute atomic E-state index is 14.3. The van der Waals surface area contributed by atoms with Crippen molar-refractivity contribution in [3.05, 3.63) is 34.5 Å². The van der Waals surface area contributed by atoms with Crippen LogP contribution in [0.3, 0.4) is 0 Å². The van der Waals surface area contributed by atoms with Crippen molar-refractivity contribution < 1.29 is 13.7 Å². The number of pyridine rings is 1. The van der Waals surface area contributed by atoms with Crippen LogP contribution in [-0.2, 0) is 15.6 Å². The molecule has 2 heterocycles. The van der Waals surface area contributed by atoms with Crippen LogP contribution in [0, 0.1) is 10.8 Å². The van der Waals surface area contributed by atoms with Crippen molar-refractivity contribution in [1.29, 1.82) is 0 Å². The number of amides is 1. The fourth-order valence-corrected chi connectivity index (χ4v) is 7.21. The summed E-state index contributed by atoms with van der Waals surface area (Å²) in [6, 6.07) is 3.78. The maximum Gasteiger partial charge on any atom is 0.234 e. The van der Waals surface area contributed by atoms with Crippen LogP contribution in [0.4, 0.5) is 10.2 Å². The molecule has 2 aromatic rings. The van der Waals surface area contributed by atoms with Gasteiger partial charge in [0, 0.05) is 28.0 Å². The summed E-state index contributed by atoms with van der Waals surface area (Å²) < 4.78 is 20.8. The van der Waals surface area contributed by atoms with Gasteiger partial charge in [0.2, 0.25) is 11.8 Å². The normalized spacial score (nSPS) is 36.0. The molecular weight excluding hydrogens is 499 g/mol. The second-order valence-electron chi connectivity index (χ2n) is 12.6. The number of carbonyl (C=O) groups is 1. The molecule has 4 bridgehead atoms. The molecule has 1 amide bonds. The minimum absolute atomic E-state index is 0.0217. The zero-order chi connectivity index (χ0) is 24.0. The topological polar surface area (TPSA) is 72.1 Å². The molecule has 0 unspecified atom stereocenters. The van der Waals surface area contributed by atoms with Gasteiger partial charge in [0.1, 0.15) is 11.5 Å². The van der Waals surface area contributed by atoms with E-state index in [0.29, 0.717) is 37.5 Å². The Hall–Kier alpha value is -1.83. The molecule has 2 aromatic heterocycles. The molecule has 182 valence electrons. The summed E-state index contributed by atoms with van der Waals surface area (Å²) >= 11 is 3.53. The van der Waals surface area contributed by atoms with Gasteiger partial charge in [-0.1, -0.05) is 41.9 Å². The van der Waals surface area contributed by atoms with Gasteiger partial charge in [-0.05, 0) is 75.3 Å². The smallest absolute Gasteiger partial charge is 0.234 e. The molecule has 0 spiro atoms. The average Bonchev–Trinajstić information content (AvgIpc) is 3.27. The van der Waals surface area contributed by atoms with E-state index in [2.05, 4.69) is 46.8 Å². The number of aromatic nitrogens is 3. The summed E-state index contributed by atoms with van der Waals surface area (Å²) in [6.45, 7) is 6.92. The van der Waals surface area contributed by atoms with Gasteiger partial charge >= 0.3 is 0 Å². The van der Waals surface area contributed by atoms with Crippen molar-refractivity contribution in [3.8, 4) is 0 Å². The predicted molar refractivity (Wildman–Crippen MR) is 129 cm³/mol. The summed E-state index contributed by atoms with van der Waals surface area (Å²) in [7, 11) is 0. The van der Waals surface area contributed by atoms with Gasteiger partial charge in [0.05, 0.1) is 5.41 Å². The summed E-state index contributed by atoms with van der Waals surface area (Å²) in [5, 5.41) is 4.40. The van der Waals surface area contributed by atoms with Crippen LogP contribution in [0.2, 0.25) is 0 Å². The van der Waals surface area contributed by atoms with Gasteiger partial charge < -0.3 is 4.52 Å². The quantitative estimate of drug-likeness (QED) is 0.470. The first-order chi connectivity index (χ1) is 16.0. The Morgan fingerprint density at radius 3 is 2.32 bits per heavy atom. The molecule has 0 aromatic carbocycles. The molecule has 8 heteroatoms. The van der Waals surface area contributed by atoms with E-state index >= 15 is 0 Å². The lowest BCUT2D eigenvalue weighted by Crippen LogP contribution is -2.71. The van der Waals surface area contributed by atoms with E-state index in [-0.39, 0.29) is 22.2 Å². The lowest BCUT2D eigenvalue weighted by molar-refractivity contribution is -0.211. The summed E-state index contributed by atoms with van der Waals surface area (Å²) in [4.78, 5) is 25.0. The van der Waals surface area contributed by atoms with Gasteiger partial charge in [0.15, 0.2) is 5.82 Å². The highest BCUT2D eigenvalue weighted by Crippen LogP contribution is 2.70. The number of hydrogen-bond donors (Lipinski definition) is 0. The third kappa shape index (κ3) is 3.38. The van der Waals surface area contributed by atoms with E-state index in [1.807, 2.05) is 17.0 Å². The number of nitrogens with zero attached hydrogens (tertiary/aromatic N) is 4. The van der Waals surface area contributed by atoms with Crippen molar-refractivity contribution in [2.45, 2.75) is 95.1 Å². The van der Waals surface area contributed by atoms with Crippen LogP contribution in [0.1, 0.15) is 90.3 Å². The minimum atomic E-state index is -1.10. The number of fused-ring (bicyclic) bond motifs is 3. The van der Waals surface area contributed by atoms with Crippen molar-refractivity contribution in [1.82, 2.24) is 15.1 Å². The Morgan fingerprint density at radius 2 is 1.79 bits per heavy atom. The van der Waals surface area contributed by atoms with E-state index in [1.54, 1.807) is 6.20 Å². The Labute approximate surface area is 208 Å². The van der Waals surface area contributed by atoms with Crippen LogP contribution in [0.15, 0.2) is 27.3 Å². The van der Waals surface area contributed by atoms with E-state index < -0.39 is 11.1 Å². The van der Waals surface area contributed by atoms with Gasteiger partial charge in [-0.2, -0.15) is 4.98 Å². The monoisotopic (exact) mass is 530 g/mol. The number of rotatable bonds is 5. The molecule has 0 aliphatic heterocycles. The van der Waals surface area contributed by atoms with Crippen molar-refractivity contribution in [2.24, 2.45) is 10.8 Å². The first kappa shape index (κ1) is 22.6. The maximum atomic E-state index is 14.3. The molecule has 34 heavy (non-hydrogen) atoms. The highest BCUT2D eigenvalue weighted by Gasteiger charge is 2.73. The molecule has 0 radical (unpaired) electrons. The highest BCUT2D eigenvalue weighted by atomic mass is 79.9. The van der Waals surface area contributed by atoms with Crippen LogP contribution < -0.4 is 4.90 Å². The molecule has 8 rings (SSSR count). The zero-order valence-electron chi connectivity index (χ0n) is 20.2. The second-order valence-corrected chi connectivity index (χ2v) is 13.6. The van der Waals surface area contributed by atoms with Crippen molar-refractivity contribution >= 4 is 27.7 Å². The van der Waals surface area contributed by atoms with Gasteiger partial charge in [-0.25, -0.2) is 9.37 Å². The van der Waals surface area contributed by atoms with E-state index in [9.17, 15) is 9.18 Å². The molecule has 6 aliphatic carbocycles. The number of carbonyl (C=O) groups excluding carboxylic acids is 1. The molecule has 6 nitrogen and oxygen atoms in total. The molecule has 6 fully saturated rings. The Morgan fingerprint density at radius 1 is 1.15 bits per heavy atom. The Kier molecular flexibility index (Phi) is 4.73. The summed E-state index contributed by atoms with van der Waals surface area (Å²) in [5.41, 5.74) is -1.75. The number of anilines is 1. The number of hydrogen-bond acceptors (Lipinski definition) is 5. The predicted octanol–water partition coefficient (Wildman–Crippen LogP) is 6.04. The first-order valence-electron chi connectivity index (χ1n) is 12.4. The second kappa shape index (κ2) is 7.11. The number of halogens is 2. The molecule has 6 aliphatic rings. The minimum Gasteiger partial charge on any atom is -0.339 e. The molecule has 0 saturated heterocycles. The van der Waals surface area contributed by atoms with Crippen molar-refractivity contribution in [3.63, 3.8) is 0 Å². The van der Waals surface area contributed by atoms with E-state index in [1.165, 1.54) is 0 Å². The van der Waals surface area contributed by atoms with Crippen LogP contribution in [0.25, 0.3) is 0 Å². The van der Waals surface area contributed by atoms with Gasteiger partial charge in [0.25, 0.3) is 0 Å². The van der Waals surface area contributed by atoms with Gasteiger partial charge in [-0.15, -0.1) is 0 Å². The van der Waals surface area contributed by atoms with E-state index in [0.717, 1.165) is 48.8 Å². The average molecular weight is 531 g/mol. The van der Waals surface area contributed by atoms with Crippen molar-refractivity contribution in [2.75, 3.05) is 11.4 Å². The third-order valence-electron chi connectivity index (χ3n) is 9.09. The summed E-state index contributed by atoms with van der Waals surface area (Å²) in [6.07, 6.45) is 8.90. The lowest BCUT2D eigenvalue weighted by Gasteiger charge is -2.65. The highest BCUT2D eigenvalue weighted by molar-refractivity contribution is 9.10. The van der Waals surface area contributed by atoms with Crippen LogP contribution in [-0.4, -0.2) is 33.2 Å². The largest absolute Gasteiger partial charge is 0.339 e. The molecular formula is C26H32BrFN4O2. The molecule has 6 saturated carbocycles. The first-order valence-corrected chi connectivity index (χ1v) is 13.2. The van der Waals surface area contributed by atoms with Crippen LogP contribution in [0.5, 0.6) is 0 Å². The third-order valence-corrected chi connectivity index (χ3v) is 9.58. The van der Waals surface area contributed by atoms with Crippen LogP contribution >= 0.6 is 15.9 Å². The van der Waals surface area contributed by atoms with Gasteiger partial charge in [-0.3, -0.25) is 9.69 Å². The lowest BCUT2D eigenvalue weighted by atomic mass is 9.41. The molecule has 0 N–H and O–H groups in total. The Bertz CT molecular complexity index is 1110. The standard InChI is InChI=1S/C26H32BrFN4O2/c1-22(2,3)20-30-19(31-34-20)24-8-5-23(6-9-24,7-10-24)16-32(18-12-17(27)4-11-29-18)21(33)25-13-26(28,14-25)15-25/h4,11-12H,5-10,13-16H2,1-3H3. The fourth-order valence-electron chi connectivity index (χ4n) is 6.89. The Balaban J connectivity index is 1.23. The zero-order valence-corrected chi connectivity index (χ0v) is 21.8. The summed E-state index contributed by atoms with van der Waals surface area (Å²) in [5.74, 6) is 2.28. The SMILES string of the molecule is CC(C)(C)c1nc(C23CCC(CN(C(=O)C45CC(F)(C4)C5)c4cc(Br)ccn4)(CC2)CC3)no1.